The third-order valence-corrected chi connectivity index (χ3v) is 6.14. The number of carbonyl (C=O) groups excluding carboxylic acids is 1. The van der Waals surface area contributed by atoms with Gasteiger partial charge in [0.15, 0.2) is 0 Å². The van der Waals surface area contributed by atoms with Gasteiger partial charge in [0.1, 0.15) is 5.78 Å². The average Bonchev–Trinajstić information content (AvgIpc) is 2.74. The Morgan fingerprint density at radius 2 is 1.12 bits per heavy atom. The Morgan fingerprint density at radius 3 is 1.52 bits per heavy atom. The van der Waals surface area contributed by atoms with Crippen LogP contribution in [0, 0.1) is 11.8 Å². The van der Waals surface area contributed by atoms with Crippen LogP contribution in [0.15, 0.2) is 48.5 Å². The summed E-state index contributed by atoms with van der Waals surface area (Å²) in [6.07, 6.45) is 4.16. The van der Waals surface area contributed by atoms with Crippen molar-refractivity contribution in [1.82, 2.24) is 5.32 Å². The molecule has 2 aliphatic rings. The van der Waals surface area contributed by atoms with Crippen LogP contribution >= 0.6 is 23.2 Å². The lowest BCUT2D eigenvalue weighted by molar-refractivity contribution is -0.131. The normalized spacial score (nSPS) is 29.3. The van der Waals surface area contributed by atoms with Gasteiger partial charge in [-0.15, -0.1) is 0 Å². The molecule has 1 saturated carbocycles. The van der Waals surface area contributed by atoms with Gasteiger partial charge in [-0.2, -0.15) is 0 Å². The largest absolute Gasteiger partial charge is 0.302 e. The van der Waals surface area contributed by atoms with E-state index >= 15 is 0 Å². The Morgan fingerprint density at radius 1 is 0.720 bits per heavy atom. The summed E-state index contributed by atoms with van der Waals surface area (Å²) in [5.74, 6) is 0.519. The van der Waals surface area contributed by atoms with Gasteiger partial charge in [-0.1, -0.05) is 60.3 Å². The molecule has 1 N–H and O–H groups in total. The fourth-order valence-corrected chi connectivity index (χ4v) is 4.62. The molecule has 0 spiro atoms. The van der Waals surface area contributed by atoms with Crippen LogP contribution in [0.5, 0.6) is 0 Å². The molecule has 2 aromatic carbocycles. The second kappa shape index (κ2) is 7.11. The Bertz CT molecular complexity index is 693. The van der Waals surface area contributed by atoms with Crippen molar-refractivity contribution in [3.05, 3.63) is 69.7 Å². The number of rotatable bonds is 2. The van der Waals surface area contributed by atoms with Gasteiger partial charge in [-0.05, 0) is 48.2 Å². The van der Waals surface area contributed by atoms with Gasteiger partial charge in [0.25, 0.3) is 0 Å². The van der Waals surface area contributed by atoms with Crippen LogP contribution in [-0.4, -0.2) is 5.78 Å². The Balaban J connectivity index is 1.73. The Labute approximate surface area is 158 Å². The van der Waals surface area contributed by atoms with Gasteiger partial charge in [0, 0.05) is 34.0 Å². The molecule has 0 aromatic heterocycles. The summed E-state index contributed by atoms with van der Waals surface area (Å²) < 4.78 is 0. The van der Waals surface area contributed by atoms with Crippen LogP contribution in [0.3, 0.4) is 0 Å². The molecular formula is C21H21Cl2NO. The molecule has 4 rings (SSSR count). The lowest BCUT2D eigenvalue weighted by Crippen LogP contribution is -2.47. The fourth-order valence-electron chi connectivity index (χ4n) is 4.37. The minimum atomic E-state index is 0.0415. The van der Waals surface area contributed by atoms with Crippen molar-refractivity contribution in [3.63, 3.8) is 0 Å². The molecule has 0 unspecified atom stereocenters. The van der Waals surface area contributed by atoms with Crippen molar-refractivity contribution in [2.24, 2.45) is 11.8 Å². The van der Waals surface area contributed by atoms with Gasteiger partial charge >= 0.3 is 0 Å². The molecule has 1 saturated heterocycles. The number of ketones is 1. The van der Waals surface area contributed by atoms with Gasteiger partial charge in [-0.3, -0.25) is 4.79 Å². The molecule has 1 heterocycles. The predicted molar refractivity (Wildman–Crippen MR) is 102 cm³/mol. The summed E-state index contributed by atoms with van der Waals surface area (Å²) in [5, 5.41) is 5.23. The summed E-state index contributed by atoms with van der Waals surface area (Å²) >= 11 is 12.1. The topological polar surface area (TPSA) is 29.1 Å². The fraction of sp³-hybridized carbons (Fsp3) is 0.381. The number of halogens is 2. The zero-order chi connectivity index (χ0) is 17.4. The minimum Gasteiger partial charge on any atom is -0.302 e. The van der Waals surface area contributed by atoms with Crippen molar-refractivity contribution >= 4 is 29.0 Å². The maximum atomic E-state index is 13.2. The van der Waals surface area contributed by atoms with Crippen molar-refractivity contribution in [3.8, 4) is 0 Å². The maximum Gasteiger partial charge on any atom is 0.142 e. The molecule has 2 fully saturated rings. The smallest absolute Gasteiger partial charge is 0.142 e. The maximum absolute atomic E-state index is 13.2. The molecule has 1 aliphatic heterocycles. The van der Waals surface area contributed by atoms with E-state index in [1.807, 2.05) is 48.5 Å². The quantitative estimate of drug-likeness (QED) is 0.725. The lowest BCUT2D eigenvalue weighted by Gasteiger charge is -2.41. The number of benzene rings is 2. The van der Waals surface area contributed by atoms with Crippen LogP contribution in [0.25, 0.3) is 0 Å². The molecule has 1 aliphatic carbocycles. The number of carbonyl (C=O) groups is 1. The third-order valence-electron chi connectivity index (χ3n) is 5.63. The first-order valence-corrected chi connectivity index (χ1v) is 9.70. The SMILES string of the molecule is O=C1[C@H]2CCCC[C@H]1[C@H](c1ccc(Cl)cc1)N[C@H]2c1ccc(Cl)cc1. The Hall–Kier alpha value is -1.35. The van der Waals surface area contributed by atoms with Crippen molar-refractivity contribution < 1.29 is 4.79 Å². The highest BCUT2D eigenvalue weighted by Gasteiger charge is 2.45. The molecule has 4 heteroatoms. The van der Waals surface area contributed by atoms with Crippen LogP contribution < -0.4 is 5.32 Å². The van der Waals surface area contributed by atoms with E-state index in [0.29, 0.717) is 5.78 Å². The summed E-state index contributed by atoms with van der Waals surface area (Å²) in [4.78, 5) is 13.2. The second-order valence-electron chi connectivity index (χ2n) is 7.12. The average molecular weight is 374 g/mol. The van der Waals surface area contributed by atoms with E-state index in [2.05, 4.69) is 5.32 Å². The van der Waals surface area contributed by atoms with Crippen LogP contribution in [0.2, 0.25) is 10.0 Å². The van der Waals surface area contributed by atoms with E-state index in [9.17, 15) is 4.79 Å². The number of piperidine rings is 1. The highest BCUT2D eigenvalue weighted by molar-refractivity contribution is 6.30. The van der Waals surface area contributed by atoms with Crippen molar-refractivity contribution in [1.29, 1.82) is 0 Å². The van der Waals surface area contributed by atoms with E-state index in [4.69, 9.17) is 23.2 Å². The summed E-state index contributed by atoms with van der Waals surface area (Å²) in [6.45, 7) is 0. The Kier molecular flexibility index (Phi) is 4.86. The van der Waals surface area contributed by atoms with Crippen molar-refractivity contribution in [2.75, 3.05) is 0 Å². The molecule has 2 aromatic rings. The van der Waals surface area contributed by atoms with Gasteiger partial charge < -0.3 is 5.32 Å². The molecular weight excluding hydrogens is 353 g/mol. The minimum absolute atomic E-state index is 0.0415. The molecule has 0 amide bonds. The summed E-state index contributed by atoms with van der Waals surface area (Å²) in [5.41, 5.74) is 2.28. The van der Waals surface area contributed by atoms with Gasteiger partial charge in [-0.25, -0.2) is 0 Å². The zero-order valence-electron chi connectivity index (χ0n) is 13.9. The highest BCUT2D eigenvalue weighted by Crippen LogP contribution is 2.44. The van der Waals surface area contributed by atoms with Crippen LogP contribution in [0.4, 0.5) is 0 Å². The molecule has 25 heavy (non-hydrogen) atoms. The number of hydrogen-bond acceptors (Lipinski definition) is 2. The molecule has 2 nitrogen and oxygen atoms in total. The second-order valence-corrected chi connectivity index (χ2v) is 8.00. The standard InChI is InChI=1S/C21H21Cl2NO/c22-15-9-5-13(6-10-15)19-17-3-1-2-4-18(21(17)25)20(24-19)14-7-11-16(23)12-8-14/h5-12,17-20,24H,1-4H2/t17-,18-,19-,20-/m0/s1. The lowest BCUT2D eigenvalue weighted by atomic mass is 9.74. The summed E-state index contributed by atoms with van der Waals surface area (Å²) in [7, 11) is 0. The number of fused-ring (bicyclic) bond motifs is 2. The van der Waals surface area contributed by atoms with Crippen molar-refractivity contribution in [2.45, 2.75) is 37.8 Å². The number of Topliss-reactive ketones (excluding diaryl/α,β-unsaturated/α-hetero) is 1. The van der Waals surface area contributed by atoms with Gasteiger partial charge in [0.05, 0.1) is 0 Å². The van der Waals surface area contributed by atoms with Crippen LogP contribution in [-0.2, 0) is 4.79 Å². The first kappa shape index (κ1) is 17.1. The first-order chi connectivity index (χ1) is 12.1. The van der Waals surface area contributed by atoms with E-state index < -0.39 is 0 Å². The molecule has 4 atom stereocenters. The highest BCUT2D eigenvalue weighted by atomic mass is 35.5. The van der Waals surface area contributed by atoms with E-state index in [1.165, 1.54) is 0 Å². The third kappa shape index (κ3) is 3.36. The van der Waals surface area contributed by atoms with E-state index in [0.717, 1.165) is 46.9 Å². The van der Waals surface area contributed by atoms with Crippen LogP contribution in [0.1, 0.15) is 48.9 Å². The number of hydrogen-bond donors (Lipinski definition) is 1. The predicted octanol–water partition coefficient (Wildman–Crippen LogP) is 5.75. The molecule has 2 bridgehead atoms. The summed E-state index contributed by atoms with van der Waals surface area (Å²) in [6, 6.07) is 15.9. The first-order valence-electron chi connectivity index (χ1n) is 8.94. The monoisotopic (exact) mass is 373 g/mol. The van der Waals surface area contributed by atoms with E-state index in [-0.39, 0.29) is 23.9 Å². The van der Waals surface area contributed by atoms with Gasteiger partial charge in [0.2, 0.25) is 0 Å². The number of nitrogens with one attached hydrogen (secondary N) is 1. The zero-order valence-corrected chi connectivity index (χ0v) is 15.4. The molecule has 0 radical (unpaired) electrons. The molecule has 130 valence electrons. The van der Waals surface area contributed by atoms with E-state index in [1.54, 1.807) is 0 Å².